The number of aliphatic carboxylic acids is 2. The van der Waals surface area contributed by atoms with Crippen molar-refractivity contribution < 1.29 is 53.4 Å². The van der Waals surface area contributed by atoms with Crippen LogP contribution >= 0.6 is 0 Å². The summed E-state index contributed by atoms with van der Waals surface area (Å²) in [6, 6.07) is -6.32. The van der Waals surface area contributed by atoms with Gasteiger partial charge in [-0.25, -0.2) is 4.79 Å². The second-order valence-corrected chi connectivity index (χ2v) is 12.9. The van der Waals surface area contributed by atoms with E-state index in [1.54, 1.807) is 27.7 Å². The summed E-state index contributed by atoms with van der Waals surface area (Å²) in [6.45, 7) is 6.14. The normalized spacial score (nSPS) is 13.9. The van der Waals surface area contributed by atoms with Gasteiger partial charge >= 0.3 is 11.9 Å². The minimum Gasteiger partial charge on any atom is -0.481 e. The van der Waals surface area contributed by atoms with Crippen molar-refractivity contribution in [2.45, 2.75) is 109 Å². The number of hydrogen-bond acceptors (Lipinski definition) is 11. The third kappa shape index (κ3) is 21.1. The minimum absolute atomic E-state index is 0.0808. The van der Waals surface area contributed by atoms with Crippen LogP contribution < -0.4 is 49.1 Å². The molecule has 290 valence electrons. The van der Waals surface area contributed by atoms with Crippen molar-refractivity contribution in [3.8, 4) is 0 Å². The highest BCUT2D eigenvalue weighted by molar-refractivity contribution is 5.96. The summed E-state index contributed by atoms with van der Waals surface area (Å²) in [6.07, 6.45) is -0.0153. The number of carboxylic acid groups (broad SMARTS) is 2. The van der Waals surface area contributed by atoms with Crippen molar-refractivity contribution in [3.63, 3.8) is 0 Å². The number of carbonyl (C=O) groups excluding carboxylic acids is 7. The summed E-state index contributed by atoms with van der Waals surface area (Å²) in [5, 5.41) is 33.0. The first-order chi connectivity index (χ1) is 23.8. The van der Waals surface area contributed by atoms with E-state index in [0.717, 1.165) is 0 Å². The average Bonchev–Trinajstić information content (AvgIpc) is 3.02. The highest BCUT2D eigenvalue weighted by atomic mass is 16.4. The molecule has 0 aliphatic rings. The van der Waals surface area contributed by atoms with Gasteiger partial charge < -0.3 is 59.3 Å². The maximum absolute atomic E-state index is 13.2. The lowest BCUT2D eigenvalue weighted by molar-refractivity contribution is -0.142. The molecule has 0 aromatic heterocycles. The number of rotatable bonds is 26. The highest BCUT2D eigenvalue weighted by Crippen LogP contribution is 2.09. The van der Waals surface area contributed by atoms with Crippen LogP contribution in [0.5, 0.6) is 0 Å². The van der Waals surface area contributed by atoms with Crippen LogP contribution in [-0.4, -0.2) is 113 Å². The highest BCUT2D eigenvalue weighted by Gasteiger charge is 2.30. The van der Waals surface area contributed by atoms with Crippen molar-refractivity contribution in [1.29, 1.82) is 0 Å². The smallest absolute Gasteiger partial charge is 0.326 e. The SMILES string of the molecule is CC(C)C[C@H](NC(=O)CNC(=O)[C@H](CCC(=O)O)NC(=O)[C@H](CC(C)C)NC(=O)CNC(=O)[C@@H](N)CC(N)=O)C(=O)N[C@@H](CCCCN)C(=O)O. The number of unbranched alkanes of at least 4 members (excludes halogenated alkanes) is 1. The third-order valence-corrected chi connectivity index (χ3v) is 7.16. The zero-order valence-corrected chi connectivity index (χ0v) is 29.6. The molecular weight excluding hydrogens is 674 g/mol. The van der Waals surface area contributed by atoms with E-state index < -0.39 is 109 Å². The molecule has 0 saturated heterocycles. The van der Waals surface area contributed by atoms with Crippen molar-refractivity contribution in [3.05, 3.63) is 0 Å². The molecule has 0 fully saturated rings. The number of nitrogens with two attached hydrogens (primary N) is 3. The Morgan fingerprint density at radius 1 is 0.608 bits per heavy atom. The van der Waals surface area contributed by atoms with Crippen molar-refractivity contribution in [2.75, 3.05) is 19.6 Å². The summed E-state index contributed by atoms with van der Waals surface area (Å²) in [5.74, 6) is -8.56. The predicted octanol–water partition coefficient (Wildman–Crippen LogP) is -3.47. The minimum atomic E-state index is -1.46. The van der Waals surface area contributed by atoms with Crippen LogP contribution in [0.15, 0.2) is 0 Å². The number of hydrogen-bond donors (Lipinski definition) is 11. The topological polar surface area (TPSA) is 344 Å². The second kappa shape index (κ2) is 24.3. The number of nitrogens with one attached hydrogen (secondary N) is 6. The Balaban J connectivity index is 5.60. The van der Waals surface area contributed by atoms with Crippen LogP contribution in [0, 0.1) is 11.8 Å². The van der Waals surface area contributed by atoms with E-state index in [1.165, 1.54) is 0 Å². The molecule has 0 aromatic rings. The first-order valence-electron chi connectivity index (χ1n) is 16.7. The maximum atomic E-state index is 13.2. The van der Waals surface area contributed by atoms with Crippen molar-refractivity contribution in [1.82, 2.24) is 31.9 Å². The zero-order valence-electron chi connectivity index (χ0n) is 29.6. The predicted molar refractivity (Wildman–Crippen MR) is 182 cm³/mol. The fraction of sp³-hybridized carbons (Fsp3) is 0.710. The van der Waals surface area contributed by atoms with E-state index in [0.29, 0.717) is 19.4 Å². The monoisotopic (exact) mass is 729 g/mol. The fourth-order valence-corrected chi connectivity index (χ4v) is 4.63. The Hall–Kier alpha value is -4.85. The van der Waals surface area contributed by atoms with Crippen LogP contribution in [0.3, 0.4) is 0 Å². The van der Waals surface area contributed by atoms with Gasteiger partial charge in [-0.3, -0.25) is 38.4 Å². The van der Waals surface area contributed by atoms with Gasteiger partial charge in [0.25, 0.3) is 0 Å². The number of amides is 7. The summed E-state index contributed by atoms with van der Waals surface area (Å²) in [7, 11) is 0. The van der Waals surface area contributed by atoms with E-state index in [2.05, 4.69) is 31.9 Å². The van der Waals surface area contributed by atoms with E-state index in [-0.39, 0.29) is 37.5 Å². The van der Waals surface area contributed by atoms with Crippen LogP contribution in [0.4, 0.5) is 0 Å². The standard InChI is InChI=1S/C31H55N9O11/c1-16(2)11-21(37-24(42)14-35-27(46)18(33)13-23(34)41)29(48)39-19(8-9-26(44)45)28(47)36-15-25(43)38-22(12-17(3)4)30(49)40-20(31(50)51)7-5-6-10-32/h16-22H,5-15,32-33H2,1-4H3,(H2,34,41)(H,35,46)(H,36,47)(H,37,42)(H,38,43)(H,39,48)(H,40,49)(H,44,45)(H,50,51)/t18-,19-,20-,21-,22-/m0/s1. The third-order valence-electron chi connectivity index (χ3n) is 7.16. The molecule has 0 aliphatic carbocycles. The average molecular weight is 730 g/mol. The summed E-state index contributed by atoms with van der Waals surface area (Å²) < 4.78 is 0. The Bertz CT molecular complexity index is 1230. The van der Waals surface area contributed by atoms with Crippen LogP contribution in [-0.2, 0) is 43.2 Å². The zero-order chi connectivity index (χ0) is 39.3. The molecule has 0 rings (SSSR count). The molecule has 0 aliphatic heterocycles. The number of carboxylic acids is 2. The summed E-state index contributed by atoms with van der Waals surface area (Å²) in [4.78, 5) is 111. The van der Waals surface area contributed by atoms with Gasteiger partial charge in [0.2, 0.25) is 41.4 Å². The molecule has 20 heteroatoms. The van der Waals surface area contributed by atoms with Crippen molar-refractivity contribution in [2.24, 2.45) is 29.0 Å². The molecule has 51 heavy (non-hydrogen) atoms. The number of carbonyl (C=O) groups is 9. The molecule has 0 heterocycles. The Labute approximate surface area is 296 Å². The second-order valence-electron chi connectivity index (χ2n) is 12.9. The lowest BCUT2D eigenvalue weighted by Crippen LogP contribution is -2.56. The van der Waals surface area contributed by atoms with Crippen molar-refractivity contribution >= 4 is 53.3 Å². The van der Waals surface area contributed by atoms with E-state index >= 15 is 0 Å². The molecule has 0 spiro atoms. The van der Waals surface area contributed by atoms with Crippen LogP contribution in [0.2, 0.25) is 0 Å². The molecule has 20 nitrogen and oxygen atoms in total. The molecule has 0 radical (unpaired) electrons. The molecule has 0 saturated carbocycles. The first kappa shape index (κ1) is 46.1. The van der Waals surface area contributed by atoms with E-state index in [1.807, 2.05) is 0 Å². The molecule has 14 N–H and O–H groups in total. The molecule has 5 atom stereocenters. The Morgan fingerprint density at radius 3 is 1.49 bits per heavy atom. The molecule has 0 unspecified atom stereocenters. The summed E-state index contributed by atoms with van der Waals surface area (Å²) in [5.41, 5.74) is 16.0. The molecular formula is C31H55N9O11. The molecule has 0 bridgehead atoms. The first-order valence-corrected chi connectivity index (χ1v) is 16.7. The molecule has 7 amide bonds. The number of primary amides is 1. The lowest BCUT2D eigenvalue weighted by Gasteiger charge is -2.25. The van der Waals surface area contributed by atoms with Gasteiger partial charge in [0.1, 0.15) is 24.2 Å². The largest absolute Gasteiger partial charge is 0.481 e. The maximum Gasteiger partial charge on any atom is 0.326 e. The van der Waals surface area contributed by atoms with Gasteiger partial charge in [-0.15, -0.1) is 0 Å². The van der Waals surface area contributed by atoms with E-state index in [9.17, 15) is 53.4 Å². The summed E-state index contributed by atoms with van der Waals surface area (Å²) >= 11 is 0. The van der Waals surface area contributed by atoms with Crippen LogP contribution in [0.1, 0.15) is 79.1 Å². The fourth-order valence-electron chi connectivity index (χ4n) is 4.63. The van der Waals surface area contributed by atoms with Gasteiger partial charge in [0, 0.05) is 6.42 Å². The van der Waals surface area contributed by atoms with Gasteiger partial charge in [-0.1, -0.05) is 27.7 Å². The Kier molecular flexibility index (Phi) is 22.0. The lowest BCUT2D eigenvalue weighted by atomic mass is 10.0. The van der Waals surface area contributed by atoms with E-state index in [4.69, 9.17) is 17.2 Å². The Morgan fingerprint density at radius 2 is 1.08 bits per heavy atom. The van der Waals surface area contributed by atoms with Gasteiger partial charge in [-0.2, -0.15) is 0 Å². The van der Waals surface area contributed by atoms with Gasteiger partial charge in [0.15, 0.2) is 0 Å². The molecule has 0 aromatic carbocycles. The van der Waals surface area contributed by atoms with Crippen LogP contribution in [0.25, 0.3) is 0 Å². The quantitative estimate of drug-likeness (QED) is 0.0386. The van der Waals surface area contributed by atoms with Gasteiger partial charge in [0.05, 0.1) is 25.6 Å². The van der Waals surface area contributed by atoms with Gasteiger partial charge in [-0.05, 0) is 56.9 Å².